The minimum atomic E-state index is -0.554. The molecule has 1 N–H and O–H groups in total. The van der Waals surface area contributed by atoms with Crippen LogP contribution >= 0.6 is 11.8 Å². The van der Waals surface area contributed by atoms with E-state index in [-0.39, 0.29) is 0 Å². The Morgan fingerprint density at radius 1 is 1.05 bits per heavy atom. The Hall–Kier alpha value is -1.39. The lowest BCUT2D eigenvalue weighted by molar-refractivity contribution is 0.565. The Morgan fingerprint density at radius 3 is 2.50 bits per heavy atom. The predicted octanol–water partition coefficient (Wildman–Crippen LogP) is 4.61. The van der Waals surface area contributed by atoms with Crippen LogP contribution in [0, 0.1) is 11.6 Å². The van der Waals surface area contributed by atoms with E-state index in [2.05, 4.69) is 19.2 Å². The molecule has 0 spiro atoms. The highest BCUT2D eigenvalue weighted by Gasteiger charge is 2.09. The zero-order valence-corrected chi connectivity index (χ0v) is 12.3. The van der Waals surface area contributed by atoms with Crippen molar-refractivity contribution in [3.05, 3.63) is 59.7 Å². The normalized spacial score (nSPS) is 11.1. The van der Waals surface area contributed by atoms with E-state index in [1.807, 2.05) is 24.3 Å². The molecule has 0 aliphatic carbocycles. The van der Waals surface area contributed by atoms with Gasteiger partial charge in [0.25, 0.3) is 0 Å². The van der Waals surface area contributed by atoms with Gasteiger partial charge in [0, 0.05) is 28.4 Å². The lowest BCUT2D eigenvalue weighted by Gasteiger charge is -2.12. The van der Waals surface area contributed by atoms with Crippen molar-refractivity contribution in [3.8, 4) is 0 Å². The molecule has 2 aromatic carbocycles. The van der Waals surface area contributed by atoms with E-state index in [9.17, 15) is 8.78 Å². The molecule has 0 fully saturated rings. The number of rotatable bonds is 5. The van der Waals surface area contributed by atoms with Gasteiger partial charge in [-0.25, -0.2) is 8.78 Å². The third-order valence-electron chi connectivity index (χ3n) is 2.79. The molecule has 0 bridgehead atoms. The van der Waals surface area contributed by atoms with Crippen molar-refractivity contribution >= 4 is 11.8 Å². The van der Waals surface area contributed by atoms with Gasteiger partial charge in [0.15, 0.2) is 0 Å². The quantitative estimate of drug-likeness (QED) is 0.863. The van der Waals surface area contributed by atoms with Crippen LogP contribution < -0.4 is 5.32 Å². The van der Waals surface area contributed by atoms with Crippen LogP contribution in [0.5, 0.6) is 0 Å². The lowest BCUT2D eigenvalue weighted by Crippen LogP contribution is -2.22. The van der Waals surface area contributed by atoms with Gasteiger partial charge in [-0.05, 0) is 23.8 Å². The molecule has 0 amide bonds. The number of halogens is 2. The maximum atomic E-state index is 13.7. The van der Waals surface area contributed by atoms with Crippen LogP contribution in [0.25, 0.3) is 0 Å². The molecule has 0 aliphatic rings. The van der Waals surface area contributed by atoms with Crippen LogP contribution in [0.4, 0.5) is 8.78 Å². The summed E-state index contributed by atoms with van der Waals surface area (Å²) in [5.41, 5.74) is 1.11. The van der Waals surface area contributed by atoms with E-state index in [4.69, 9.17) is 0 Å². The summed E-state index contributed by atoms with van der Waals surface area (Å²) < 4.78 is 26.6. The van der Waals surface area contributed by atoms with Crippen LogP contribution in [-0.4, -0.2) is 6.04 Å². The van der Waals surface area contributed by atoms with E-state index in [0.717, 1.165) is 23.1 Å². The number of nitrogens with one attached hydrogen (secondary N) is 1. The van der Waals surface area contributed by atoms with Crippen molar-refractivity contribution in [2.24, 2.45) is 0 Å². The standard InChI is InChI=1S/C16H17F2NS/c1-11(2)19-10-12-5-3-4-6-15(12)20-16-8-7-13(17)9-14(16)18/h3-9,11,19H,10H2,1-2H3. The minimum absolute atomic E-state index is 0.385. The van der Waals surface area contributed by atoms with Crippen molar-refractivity contribution in [3.63, 3.8) is 0 Å². The highest BCUT2D eigenvalue weighted by molar-refractivity contribution is 7.99. The smallest absolute Gasteiger partial charge is 0.140 e. The molecule has 1 nitrogen and oxygen atoms in total. The summed E-state index contributed by atoms with van der Waals surface area (Å²) in [7, 11) is 0. The summed E-state index contributed by atoms with van der Waals surface area (Å²) in [6, 6.07) is 11.9. The van der Waals surface area contributed by atoms with Crippen LogP contribution in [0.3, 0.4) is 0 Å². The Kier molecular flexibility index (Phi) is 5.15. The monoisotopic (exact) mass is 293 g/mol. The second-order valence-corrected chi connectivity index (χ2v) is 5.90. The van der Waals surface area contributed by atoms with Gasteiger partial charge in [-0.3, -0.25) is 0 Å². The molecule has 0 saturated heterocycles. The first-order valence-electron chi connectivity index (χ1n) is 6.50. The van der Waals surface area contributed by atoms with Gasteiger partial charge in [-0.2, -0.15) is 0 Å². The molecule has 2 aromatic rings. The first-order valence-corrected chi connectivity index (χ1v) is 7.32. The lowest BCUT2D eigenvalue weighted by atomic mass is 10.2. The second-order valence-electron chi connectivity index (χ2n) is 4.82. The van der Waals surface area contributed by atoms with E-state index in [0.29, 0.717) is 10.9 Å². The Bertz CT molecular complexity index is 584. The van der Waals surface area contributed by atoms with Crippen molar-refractivity contribution in [2.45, 2.75) is 36.2 Å². The van der Waals surface area contributed by atoms with Crippen LogP contribution in [0.15, 0.2) is 52.3 Å². The molecule has 0 heterocycles. The molecule has 2 rings (SSSR count). The zero-order valence-electron chi connectivity index (χ0n) is 11.5. The van der Waals surface area contributed by atoms with Gasteiger partial charge in [-0.15, -0.1) is 0 Å². The van der Waals surface area contributed by atoms with Crippen molar-refractivity contribution in [1.29, 1.82) is 0 Å². The molecule has 0 atom stereocenters. The van der Waals surface area contributed by atoms with Crippen LogP contribution in [-0.2, 0) is 6.54 Å². The Morgan fingerprint density at radius 2 is 1.80 bits per heavy atom. The molecule has 20 heavy (non-hydrogen) atoms. The highest BCUT2D eigenvalue weighted by atomic mass is 32.2. The average molecular weight is 293 g/mol. The van der Waals surface area contributed by atoms with Crippen molar-refractivity contribution < 1.29 is 8.78 Å². The van der Waals surface area contributed by atoms with Gasteiger partial charge >= 0.3 is 0 Å². The SMILES string of the molecule is CC(C)NCc1ccccc1Sc1ccc(F)cc1F. The second kappa shape index (κ2) is 6.86. The topological polar surface area (TPSA) is 12.0 Å². The van der Waals surface area contributed by atoms with Gasteiger partial charge in [0.1, 0.15) is 11.6 Å². The van der Waals surface area contributed by atoms with Crippen molar-refractivity contribution in [1.82, 2.24) is 5.32 Å². The molecule has 4 heteroatoms. The fourth-order valence-corrected chi connectivity index (χ4v) is 2.69. The number of benzene rings is 2. The fourth-order valence-electron chi connectivity index (χ4n) is 1.74. The maximum Gasteiger partial charge on any atom is 0.140 e. The van der Waals surface area contributed by atoms with E-state index >= 15 is 0 Å². The summed E-state index contributed by atoms with van der Waals surface area (Å²) in [5.74, 6) is -1.08. The summed E-state index contributed by atoms with van der Waals surface area (Å²) in [5, 5.41) is 3.34. The highest BCUT2D eigenvalue weighted by Crippen LogP contribution is 2.32. The van der Waals surface area contributed by atoms with Crippen LogP contribution in [0.1, 0.15) is 19.4 Å². The van der Waals surface area contributed by atoms with Gasteiger partial charge < -0.3 is 5.32 Å². The molecule has 0 saturated carbocycles. The van der Waals surface area contributed by atoms with Gasteiger partial charge in [0.2, 0.25) is 0 Å². The minimum Gasteiger partial charge on any atom is -0.310 e. The number of hydrogen-bond donors (Lipinski definition) is 1. The molecular formula is C16H17F2NS. The summed E-state index contributed by atoms with van der Waals surface area (Å²) in [4.78, 5) is 1.41. The first kappa shape index (κ1) is 15.0. The third-order valence-corrected chi connectivity index (χ3v) is 3.96. The molecule has 0 radical (unpaired) electrons. The van der Waals surface area contributed by atoms with Crippen molar-refractivity contribution in [2.75, 3.05) is 0 Å². The fraction of sp³-hybridized carbons (Fsp3) is 0.250. The third kappa shape index (κ3) is 4.05. The molecule has 0 unspecified atom stereocenters. The molecule has 0 aliphatic heterocycles. The molecule has 106 valence electrons. The van der Waals surface area contributed by atoms with E-state index < -0.39 is 11.6 Å². The average Bonchev–Trinajstić information content (AvgIpc) is 2.41. The first-order chi connectivity index (χ1) is 9.56. The Labute approximate surface area is 122 Å². The molecular weight excluding hydrogens is 276 g/mol. The zero-order chi connectivity index (χ0) is 14.5. The Balaban J connectivity index is 2.20. The number of hydrogen-bond acceptors (Lipinski definition) is 2. The maximum absolute atomic E-state index is 13.7. The van der Waals surface area contributed by atoms with E-state index in [1.54, 1.807) is 0 Å². The van der Waals surface area contributed by atoms with Gasteiger partial charge in [0.05, 0.1) is 0 Å². The largest absolute Gasteiger partial charge is 0.310 e. The predicted molar refractivity (Wildman–Crippen MR) is 78.9 cm³/mol. The van der Waals surface area contributed by atoms with Gasteiger partial charge in [-0.1, -0.05) is 43.8 Å². The molecule has 0 aromatic heterocycles. The summed E-state index contributed by atoms with van der Waals surface area (Å²) >= 11 is 1.32. The summed E-state index contributed by atoms with van der Waals surface area (Å²) in [6.45, 7) is 4.88. The summed E-state index contributed by atoms with van der Waals surface area (Å²) in [6.07, 6.45) is 0. The van der Waals surface area contributed by atoms with E-state index in [1.165, 1.54) is 23.9 Å². The van der Waals surface area contributed by atoms with Crippen LogP contribution in [0.2, 0.25) is 0 Å².